The summed E-state index contributed by atoms with van der Waals surface area (Å²) in [6.45, 7) is 2.03. The molecule has 0 saturated carbocycles. The first kappa shape index (κ1) is 18.4. The standard InChI is InChI=1S/C21H14I2N2O2/c1-12-5-6-19-18(7-12)25-21(27-19)13-3-2-4-16(9-13)24-11-14-8-15(22)10-17(23)20(14)26/h2-11,26H,1H3. The summed E-state index contributed by atoms with van der Waals surface area (Å²) in [6.07, 6.45) is 1.67. The first-order valence-corrected chi connectivity index (χ1v) is 10.3. The maximum absolute atomic E-state index is 10.2. The van der Waals surface area contributed by atoms with Gasteiger partial charge in [0.2, 0.25) is 5.89 Å². The van der Waals surface area contributed by atoms with Gasteiger partial charge in [0, 0.05) is 20.9 Å². The summed E-state index contributed by atoms with van der Waals surface area (Å²) < 4.78 is 7.72. The van der Waals surface area contributed by atoms with E-state index in [1.807, 2.05) is 61.5 Å². The number of fused-ring (bicyclic) bond motifs is 1. The van der Waals surface area contributed by atoms with Crippen LogP contribution in [0.1, 0.15) is 11.1 Å². The Morgan fingerprint density at radius 3 is 2.78 bits per heavy atom. The lowest BCUT2D eigenvalue weighted by Gasteiger charge is -2.03. The van der Waals surface area contributed by atoms with Crippen LogP contribution in [0.5, 0.6) is 5.75 Å². The van der Waals surface area contributed by atoms with Crippen LogP contribution in [-0.2, 0) is 0 Å². The second-order valence-electron chi connectivity index (χ2n) is 6.12. The van der Waals surface area contributed by atoms with Gasteiger partial charge in [-0.1, -0.05) is 12.1 Å². The number of benzene rings is 3. The van der Waals surface area contributed by atoms with Crippen LogP contribution >= 0.6 is 45.2 Å². The van der Waals surface area contributed by atoms with E-state index in [-0.39, 0.29) is 5.75 Å². The highest BCUT2D eigenvalue weighted by atomic mass is 127. The quantitative estimate of drug-likeness (QED) is 0.224. The van der Waals surface area contributed by atoms with Crippen molar-refractivity contribution < 1.29 is 9.52 Å². The molecule has 27 heavy (non-hydrogen) atoms. The van der Waals surface area contributed by atoms with Crippen molar-refractivity contribution in [2.45, 2.75) is 6.92 Å². The van der Waals surface area contributed by atoms with Crippen molar-refractivity contribution >= 4 is 68.2 Å². The third-order valence-corrected chi connectivity index (χ3v) is 5.49. The van der Waals surface area contributed by atoms with E-state index in [0.717, 1.165) is 35.1 Å². The van der Waals surface area contributed by atoms with E-state index in [1.165, 1.54) is 0 Å². The molecule has 0 unspecified atom stereocenters. The van der Waals surface area contributed by atoms with Crippen molar-refractivity contribution in [2.24, 2.45) is 4.99 Å². The van der Waals surface area contributed by atoms with Crippen LogP contribution in [0, 0.1) is 14.1 Å². The van der Waals surface area contributed by atoms with Gasteiger partial charge in [0.15, 0.2) is 5.58 Å². The Labute approximate surface area is 183 Å². The number of phenolic OH excluding ortho intramolecular Hbond substituents is 1. The maximum Gasteiger partial charge on any atom is 0.227 e. The molecule has 0 saturated heterocycles. The monoisotopic (exact) mass is 580 g/mol. The highest BCUT2D eigenvalue weighted by Gasteiger charge is 2.09. The number of hydrogen-bond acceptors (Lipinski definition) is 4. The molecule has 4 aromatic rings. The summed E-state index contributed by atoms with van der Waals surface area (Å²) in [5, 5.41) is 10.2. The summed E-state index contributed by atoms with van der Waals surface area (Å²) >= 11 is 4.34. The Morgan fingerprint density at radius 1 is 1.07 bits per heavy atom. The van der Waals surface area contributed by atoms with Crippen molar-refractivity contribution in [2.75, 3.05) is 0 Å². The van der Waals surface area contributed by atoms with E-state index < -0.39 is 0 Å². The fraction of sp³-hybridized carbons (Fsp3) is 0.0476. The molecule has 0 spiro atoms. The lowest BCUT2D eigenvalue weighted by Crippen LogP contribution is -1.87. The average Bonchev–Trinajstić information content (AvgIpc) is 3.07. The van der Waals surface area contributed by atoms with Gasteiger partial charge in [0.05, 0.1) is 9.26 Å². The van der Waals surface area contributed by atoms with E-state index in [9.17, 15) is 5.11 Å². The van der Waals surface area contributed by atoms with Gasteiger partial charge in [-0.25, -0.2) is 4.98 Å². The van der Waals surface area contributed by atoms with Gasteiger partial charge >= 0.3 is 0 Å². The topological polar surface area (TPSA) is 58.6 Å². The zero-order valence-electron chi connectivity index (χ0n) is 14.3. The number of aromatic nitrogens is 1. The number of aromatic hydroxyl groups is 1. The maximum atomic E-state index is 10.2. The molecule has 6 heteroatoms. The molecular formula is C21H14I2N2O2. The van der Waals surface area contributed by atoms with E-state index >= 15 is 0 Å². The molecule has 0 aliphatic carbocycles. The summed E-state index contributed by atoms with van der Waals surface area (Å²) in [7, 11) is 0. The Kier molecular flexibility index (Phi) is 5.18. The molecule has 0 aliphatic rings. The molecule has 0 fully saturated rings. The second kappa shape index (κ2) is 7.59. The van der Waals surface area contributed by atoms with Gasteiger partial charge < -0.3 is 9.52 Å². The average molecular weight is 580 g/mol. The van der Waals surface area contributed by atoms with E-state index in [0.29, 0.717) is 11.5 Å². The molecule has 0 bridgehead atoms. The molecule has 0 atom stereocenters. The number of nitrogens with zero attached hydrogens (tertiary/aromatic N) is 2. The molecule has 0 amide bonds. The third-order valence-electron chi connectivity index (χ3n) is 4.05. The van der Waals surface area contributed by atoms with Crippen molar-refractivity contribution in [3.05, 3.63) is 72.9 Å². The Bertz CT molecular complexity index is 1180. The minimum Gasteiger partial charge on any atom is -0.506 e. The zero-order chi connectivity index (χ0) is 19.0. The Morgan fingerprint density at radius 2 is 1.93 bits per heavy atom. The molecule has 1 aromatic heterocycles. The van der Waals surface area contributed by atoms with Crippen LogP contribution < -0.4 is 0 Å². The van der Waals surface area contributed by atoms with Crippen LogP contribution in [0.3, 0.4) is 0 Å². The largest absolute Gasteiger partial charge is 0.506 e. The first-order valence-electron chi connectivity index (χ1n) is 8.19. The number of phenols is 1. The summed E-state index contributed by atoms with van der Waals surface area (Å²) in [6, 6.07) is 17.5. The van der Waals surface area contributed by atoms with Crippen molar-refractivity contribution in [1.29, 1.82) is 0 Å². The van der Waals surface area contributed by atoms with Gasteiger partial charge in [-0.3, -0.25) is 4.99 Å². The third kappa shape index (κ3) is 4.01. The van der Waals surface area contributed by atoms with Gasteiger partial charge in [-0.2, -0.15) is 0 Å². The highest BCUT2D eigenvalue weighted by Crippen LogP contribution is 2.29. The van der Waals surface area contributed by atoms with Crippen molar-refractivity contribution in [1.82, 2.24) is 4.98 Å². The van der Waals surface area contributed by atoms with Crippen LogP contribution in [0.25, 0.3) is 22.6 Å². The Balaban J connectivity index is 1.68. The molecule has 1 N–H and O–H groups in total. The van der Waals surface area contributed by atoms with Crippen LogP contribution in [0.15, 0.2) is 64.0 Å². The molecule has 0 aliphatic heterocycles. The minimum absolute atomic E-state index is 0.241. The predicted octanol–water partition coefficient (Wildman–Crippen LogP) is 6.47. The smallest absolute Gasteiger partial charge is 0.227 e. The molecule has 1 heterocycles. The lowest BCUT2D eigenvalue weighted by atomic mass is 10.2. The molecule has 3 aromatic carbocycles. The molecular weight excluding hydrogens is 566 g/mol. The van der Waals surface area contributed by atoms with Crippen LogP contribution in [0.2, 0.25) is 0 Å². The van der Waals surface area contributed by atoms with Gasteiger partial charge in [0.25, 0.3) is 0 Å². The summed E-state index contributed by atoms with van der Waals surface area (Å²) in [5.74, 6) is 0.810. The summed E-state index contributed by atoms with van der Waals surface area (Å²) in [4.78, 5) is 9.09. The lowest BCUT2D eigenvalue weighted by molar-refractivity contribution is 0.470. The van der Waals surface area contributed by atoms with E-state index in [1.54, 1.807) is 6.21 Å². The minimum atomic E-state index is 0.241. The van der Waals surface area contributed by atoms with Gasteiger partial charge in [0.1, 0.15) is 11.3 Å². The summed E-state index contributed by atoms with van der Waals surface area (Å²) in [5.41, 5.74) is 5.07. The highest BCUT2D eigenvalue weighted by molar-refractivity contribution is 14.1. The van der Waals surface area contributed by atoms with Crippen molar-refractivity contribution in [3.8, 4) is 17.2 Å². The number of aliphatic imine (C=N–C) groups is 1. The predicted molar refractivity (Wildman–Crippen MR) is 125 cm³/mol. The number of hydrogen-bond donors (Lipinski definition) is 1. The van der Waals surface area contributed by atoms with E-state index in [2.05, 4.69) is 55.2 Å². The van der Waals surface area contributed by atoms with Crippen LogP contribution in [-0.4, -0.2) is 16.3 Å². The fourth-order valence-electron chi connectivity index (χ4n) is 2.71. The zero-order valence-corrected chi connectivity index (χ0v) is 18.6. The number of oxazole rings is 1. The van der Waals surface area contributed by atoms with Crippen molar-refractivity contribution in [3.63, 3.8) is 0 Å². The normalized spacial score (nSPS) is 11.5. The molecule has 4 rings (SSSR count). The number of aryl methyl sites for hydroxylation is 1. The Hall–Kier alpha value is -1.94. The molecule has 4 nitrogen and oxygen atoms in total. The van der Waals surface area contributed by atoms with E-state index in [4.69, 9.17) is 4.42 Å². The molecule has 0 radical (unpaired) electrons. The molecule has 134 valence electrons. The number of halogens is 2. The SMILES string of the molecule is Cc1ccc2oc(-c3cccc(N=Cc4cc(I)cc(I)c4O)c3)nc2c1. The number of rotatable bonds is 3. The van der Waals surface area contributed by atoms with Crippen LogP contribution in [0.4, 0.5) is 5.69 Å². The van der Waals surface area contributed by atoms with Gasteiger partial charge in [-0.15, -0.1) is 0 Å². The second-order valence-corrected chi connectivity index (χ2v) is 8.53. The first-order chi connectivity index (χ1) is 13.0. The fourth-order valence-corrected chi connectivity index (χ4v) is 4.60. The van der Waals surface area contributed by atoms with Gasteiger partial charge in [-0.05, 0) is 100 Å².